The van der Waals surface area contributed by atoms with E-state index < -0.39 is 10.5 Å². The molecule has 0 saturated carbocycles. The molecule has 0 radical (unpaired) electrons. The van der Waals surface area contributed by atoms with Gasteiger partial charge in [0.15, 0.2) is 12.4 Å². The Balaban J connectivity index is 1.91. The summed E-state index contributed by atoms with van der Waals surface area (Å²) in [6.07, 6.45) is 1.28. The van der Waals surface area contributed by atoms with Crippen molar-refractivity contribution >= 4 is 22.8 Å². The van der Waals surface area contributed by atoms with Gasteiger partial charge in [-0.05, 0) is 18.2 Å². The molecule has 32 heavy (non-hydrogen) atoms. The molecule has 156 valence electrons. The van der Waals surface area contributed by atoms with Crippen molar-refractivity contribution in [1.29, 1.82) is 5.26 Å². The predicted molar refractivity (Wildman–Crippen MR) is 119 cm³/mol. The van der Waals surface area contributed by atoms with Gasteiger partial charge < -0.3 is 4.74 Å². The molecule has 4 aromatic rings. The first-order valence-electron chi connectivity index (χ1n) is 9.49. The van der Waals surface area contributed by atoms with Crippen molar-refractivity contribution in [2.45, 2.75) is 0 Å². The lowest BCUT2D eigenvalue weighted by molar-refractivity contribution is -0.385. The highest BCUT2D eigenvalue weighted by Crippen LogP contribution is 2.30. The van der Waals surface area contributed by atoms with E-state index in [0.29, 0.717) is 22.3 Å². The summed E-state index contributed by atoms with van der Waals surface area (Å²) in [5, 5.41) is 24.9. The van der Waals surface area contributed by atoms with E-state index in [9.17, 15) is 14.9 Å². The van der Waals surface area contributed by atoms with Gasteiger partial charge in [0.2, 0.25) is 5.75 Å². The number of benzene rings is 3. The Morgan fingerprint density at radius 1 is 1.09 bits per heavy atom. The van der Waals surface area contributed by atoms with Gasteiger partial charge in [0.25, 0.3) is 5.56 Å². The maximum Gasteiger partial charge on any atom is 0.311 e. The highest BCUT2D eigenvalue weighted by molar-refractivity contribution is 5.86. The van der Waals surface area contributed by atoms with Gasteiger partial charge in [-0.25, -0.2) is 4.98 Å². The molecule has 4 rings (SSSR count). The largest absolute Gasteiger partial charge is 0.471 e. The maximum absolute atomic E-state index is 13.2. The van der Waals surface area contributed by atoms with Gasteiger partial charge in [-0.2, -0.15) is 15.0 Å². The summed E-state index contributed by atoms with van der Waals surface area (Å²) in [6, 6.07) is 22.1. The Kier molecular flexibility index (Phi) is 5.68. The Labute approximate surface area is 181 Å². The quantitative estimate of drug-likeness (QED) is 0.263. The van der Waals surface area contributed by atoms with Crippen LogP contribution in [0.5, 0.6) is 5.75 Å². The number of fused-ring (bicyclic) bond motifs is 1. The molecule has 0 saturated heterocycles. The molecule has 1 aromatic heterocycles. The zero-order valence-electron chi connectivity index (χ0n) is 16.6. The van der Waals surface area contributed by atoms with Gasteiger partial charge in [-0.15, -0.1) is 0 Å². The Morgan fingerprint density at radius 3 is 2.59 bits per heavy atom. The Bertz CT molecular complexity index is 1440. The highest BCUT2D eigenvalue weighted by atomic mass is 16.6. The molecule has 0 aliphatic carbocycles. The van der Waals surface area contributed by atoms with Crippen LogP contribution in [0, 0.1) is 21.4 Å². The molecule has 0 bridgehead atoms. The highest BCUT2D eigenvalue weighted by Gasteiger charge is 2.19. The number of nitriles is 1. The summed E-state index contributed by atoms with van der Waals surface area (Å²) in [5.74, 6) is 0.210. The number of rotatable bonds is 6. The summed E-state index contributed by atoms with van der Waals surface area (Å²) in [5.41, 5.74) is 0.740. The zero-order valence-corrected chi connectivity index (χ0v) is 16.6. The second kappa shape index (κ2) is 8.89. The maximum atomic E-state index is 13.2. The van der Waals surface area contributed by atoms with Crippen LogP contribution in [0.25, 0.3) is 22.3 Å². The van der Waals surface area contributed by atoms with Crippen molar-refractivity contribution in [3.8, 4) is 23.2 Å². The van der Waals surface area contributed by atoms with Gasteiger partial charge in [-0.3, -0.25) is 14.9 Å². The minimum atomic E-state index is -0.608. The molecule has 0 aliphatic rings. The van der Waals surface area contributed by atoms with Crippen LogP contribution in [0.1, 0.15) is 5.56 Å². The molecular formula is C23H15N5O4. The molecule has 9 heteroatoms. The van der Waals surface area contributed by atoms with Crippen LogP contribution in [0.2, 0.25) is 0 Å². The van der Waals surface area contributed by atoms with Crippen molar-refractivity contribution in [2.75, 3.05) is 6.61 Å². The lowest BCUT2D eigenvalue weighted by atomic mass is 10.2. The molecule has 0 atom stereocenters. The lowest BCUT2D eigenvalue weighted by Crippen LogP contribution is -2.20. The topological polar surface area (TPSA) is 123 Å². The van der Waals surface area contributed by atoms with Gasteiger partial charge in [-0.1, -0.05) is 48.5 Å². The minimum Gasteiger partial charge on any atom is -0.471 e. The lowest BCUT2D eigenvalue weighted by Gasteiger charge is -2.10. The van der Waals surface area contributed by atoms with Crippen molar-refractivity contribution in [1.82, 2.24) is 9.66 Å². The van der Waals surface area contributed by atoms with E-state index in [0.717, 1.165) is 4.68 Å². The second-order valence-electron chi connectivity index (χ2n) is 6.58. The van der Waals surface area contributed by atoms with Gasteiger partial charge in [0.1, 0.15) is 6.07 Å². The van der Waals surface area contributed by atoms with Crippen LogP contribution in [-0.4, -0.2) is 27.4 Å². The first kappa shape index (κ1) is 20.4. The number of hydrogen-bond acceptors (Lipinski definition) is 7. The van der Waals surface area contributed by atoms with Gasteiger partial charge in [0.05, 0.1) is 22.0 Å². The summed E-state index contributed by atoms with van der Waals surface area (Å²) in [7, 11) is 0. The number of nitro groups is 1. The molecular weight excluding hydrogens is 410 g/mol. The fourth-order valence-corrected chi connectivity index (χ4v) is 3.17. The molecule has 1 heterocycles. The number of nitrogens with zero attached hydrogens (tertiary/aromatic N) is 5. The average molecular weight is 425 g/mol. The summed E-state index contributed by atoms with van der Waals surface area (Å²) in [4.78, 5) is 28.6. The van der Waals surface area contributed by atoms with E-state index in [2.05, 4.69) is 10.1 Å². The molecule has 9 nitrogen and oxygen atoms in total. The summed E-state index contributed by atoms with van der Waals surface area (Å²) in [6.45, 7) is -0.377. The third-order valence-electron chi connectivity index (χ3n) is 4.60. The summed E-state index contributed by atoms with van der Waals surface area (Å²) >= 11 is 0. The Morgan fingerprint density at radius 2 is 1.84 bits per heavy atom. The van der Waals surface area contributed by atoms with Crippen LogP contribution < -0.4 is 10.3 Å². The number of hydrogen-bond donors (Lipinski definition) is 0. The molecule has 3 aromatic carbocycles. The van der Waals surface area contributed by atoms with Crippen molar-refractivity contribution < 1.29 is 9.66 Å². The molecule has 0 N–H and O–H groups in total. The first-order valence-corrected chi connectivity index (χ1v) is 9.49. The van der Waals surface area contributed by atoms with E-state index >= 15 is 0 Å². The molecule has 0 unspecified atom stereocenters. The Hall–Kier alpha value is -4.84. The molecule has 0 amide bonds. The smallest absolute Gasteiger partial charge is 0.311 e. The predicted octanol–water partition coefficient (Wildman–Crippen LogP) is 3.76. The van der Waals surface area contributed by atoms with E-state index in [4.69, 9.17) is 10.00 Å². The normalized spacial score (nSPS) is 10.8. The fraction of sp³-hybridized carbons (Fsp3) is 0.0435. The van der Waals surface area contributed by atoms with E-state index in [-0.39, 0.29) is 23.6 Å². The SMILES string of the molecule is N#CCOc1c(C=Nn2c(-c3ccccc3)nc3ccccc3c2=O)cccc1[N+](=O)[O-]. The minimum absolute atomic E-state index is 0.106. The van der Waals surface area contributed by atoms with E-state index in [1.807, 2.05) is 18.2 Å². The standard InChI is InChI=1S/C23H15N5O4/c24-13-14-32-21-17(9-6-12-20(21)28(30)31)15-25-27-22(16-7-2-1-3-8-16)26-19-11-5-4-10-18(19)23(27)29/h1-12,15H,14H2. The monoisotopic (exact) mass is 425 g/mol. The van der Waals surface area contributed by atoms with E-state index in [1.165, 1.54) is 18.3 Å². The van der Waals surface area contributed by atoms with Crippen LogP contribution in [0.3, 0.4) is 0 Å². The van der Waals surface area contributed by atoms with E-state index in [1.54, 1.807) is 48.5 Å². The van der Waals surface area contributed by atoms with Gasteiger partial charge >= 0.3 is 5.69 Å². The average Bonchev–Trinajstić information content (AvgIpc) is 2.82. The molecule has 0 aliphatic heterocycles. The summed E-state index contributed by atoms with van der Waals surface area (Å²) < 4.78 is 6.43. The fourth-order valence-electron chi connectivity index (χ4n) is 3.17. The third-order valence-corrected chi connectivity index (χ3v) is 4.60. The number of para-hydroxylation sites is 2. The van der Waals surface area contributed by atoms with Crippen molar-refractivity contribution in [3.05, 3.63) is 98.8 Å². The van der Waals surface area contributed by atoms with Crippen molar-refractivity contribution in [3.63, 3.8) is 0 Å². The zero-order chi connectivity index (χ0) is 22.5. The van der Waals surface area contributed by atoms with Crippen LogP contribution >= 0.6 is 0 Å². The number of ether oxygens (including phenoxy) is 1. The number of aromatic nitrogens is 2. The molecule has 0 spiro atoms. The molecule has 0 fully saturated rings. The third kappa shape index (κ3) is 3.93. The second-order valence-corrected chi connectivity index (χ2v) is 6.58. The van der Waals surface area contributed by atoms with Crippen LogP contribution in [0.15, 0.2) is 82.7 Å². The van der Waals surface area contributed by atoms with Crippen molar-refractivity contribution in [2.24, 2.45) is 5.10 Å². The van der Waals surface area contributed by atoms with Gasteiger partial charge in [0, 0.05) is 17.2 Å². The van der Waals surface area contributed by atoms with Crippen LogP contribution in [-0.2, 0) is 0 Å². The first-order chi connectivity index (χ1) is 15.6. The number of nitro benzene ring substituents is 1. The van der Waals surface area contributed by atoms with Crippen LogP contribution in [0.4, 0.5) is 5.69 Å².